The van der Waals surface area contributed by atoms with Crippen LogP contribution in [0.1, 0.15) is 0 Å². The van der Waals surface area contributed by atoms with Gasteiger partial charge in [-0.05, 0) is 23.2 Å². The van der Waals surface area contributed by atoms with Gasteiger partial charge in [-0.2, -0.15) is 17.6 Å². The molecule has 0 aromatic heterocycles. The summed E-state index contributed by atoms with van der Waals surface area (Å²) in [5, 5.41) is 0. The van der Waals surface area contributed by atoms with E-state index in [1.807, 2.05) is 0 Å². The summed E-state index contributed by atoms with van der Waals surface area (Å²) in [7, 11) is 0. The average molecular weight is 207 g/mol. The standard InChI is InChI=1S/CCl2F2.CHClF2/c2-1(3,4)5;2-1(3)4/h;1H. The Hall–Kier alpha value is 0.590. The molecule has 0 saturated carbocycles. The lowest BCUT2D eigenvalue weighted by Crippen LogP contribution is -1.86. The fourth-order valence-corrected chi connectivity index (χ4v) is 0. The van der Waals surface area contributed by atoms with Gasteiger partial charge in [0.2, 0.25) is 0 Å². The number of hydrogen-bond acceptors (Lipinski definition) is 0. The van der Waals surface area contributed by atoms with Crippen molar-refractivity contribution in [3.05, 3.63) is 0 Å². The van der Waals surface area contributed by atoms with Crippen molar-refractivity contribution >= 4 is 34.8 Å². The van der Waals surface area contributed by atoms with Crippen molar-refractivity contribution in [3.8, 4) is 0 Å². The Balaban J connectivity index is 0. The monoisotopic (exact) mass is 206 g/mol. The normalized spacial score (nSPS) is 10.7. The van der Waals surface area contributed by atoms with Gasteiger partial charge in [0.15, 0.2) is 0 Å². The fourth-order valence-electron chi connectivity index (χ4n) is 0. The minimum Gasteiger partial charge on any atom is -0.192 e. The van der Waals surface area contributed by atoms with Crippen LogP contribution >= 0.6 is 34.8 Å². The molecule has 0 atom stereocenters. The number of alkyl halides is 7. The van der Waals surface area contributed by atoms with Crippen molar-refractivity contribution in [1.82, 2.24) is 0 Å². The Kier molecular flexibility index (Phi) is 7.34. The highest BCUT2D eigenvalue weighted by atomic mass is 35.5. The van der Waals surface area contributed by atoms with Gasteiger partial charge in [0.05, 0.1) is 0 Å². The molecule has 0 spiro atoms. The summed E-state index contributed by atoms with van der Waals surface area (Å²) >= 11 is 11.9. The highest BCUT2D eigenvalue weighted by molar-refractivity contribution is 6.45. The van der Waals surface area contributed by atoms with E-state index in [0.29, 0.717) is 0 Å². The minimum absolute atomic E-state index is 2.69. The third-order valence-electron chi connectivity index (χ3n) is 0. The Morgan fingerprint density at radius 1 is 1.11 bits per heavy atom. The fraction of sp³-hybridized carbons (Fsp3) is 1.00. The topological polar surface area (TPSA) is 0 Å². The predicted molar refractivity (Wildman–Crippen MR) is 28.5 cm³/mol. The summed E-state index contributed by atoms with van der Waals surface area (Å²) in [5.41, 5.74) is 0. The lowest BCUT2D eigenvalue weighted by Gasteiger charge is -1.87. The van der Waals surface area contributed by atoms with Gasteiger partial charge in [-0.1, -0.05) is 11.6 Å². The highest BCUT2D eigenvalue weighted by Crippen LogP contribution is 2.22. The molecular weight excluding hydrogens is 206 g/mol. The van der Waals surface area contributed by atoms with E-state index in [0.717, 1.165) is 0 Å². The van der Waals surface area contributed by atoms with E-state index in [4.69, 9.17) is 0 Å². The molecule has 0 nitrogen and oxygen atoms in total. The quantitative estimate of drug-likeness (QED) is 0.421. The maximum absolute atomic E-state index is 10.6. The molecule has 0 rings (SSSR count). The van der Waals surface area contributed by atoms with E-state index in [2.05, 4.69) is 34.8 Å². The zero-order valence-electron chi connectivity index (χ0n) is 3.72. The van der Waals surface area contributed by atoms with Crippen LogP contribution in [0.3, 0.4) is 0 Å². The molecule has 0 aliphatic heterocycles. The van der Waals surface area contributed by atoms with Crippen molar-refractivity contribution in [2.24, 2.45) is 0 Å². The van der Waals surface area contributed by atoms with Crippen molar-refractivity contribution < 1.29 is 17.6 Å². The third-order valence-corrected chi connectivity index (χ3v) is 0. The van der Waals surface area contributed by atoms with Gasteiger partial charge in [-0.3, -0.25) is 0 Å². The van der Waals surface area contributed by atoms with E-state index >= 15 is 0 Å². The van der Waals surface area contributed by atoms with Gasteiger partial charge in [0.1, 0.15) is 0 Å². The molecule has 0 fully saturated rings. The average Bonchev–Trinajstić information content (AvgIpc) is 1.19. The first-order valence-corrected chi connectivity index (χ1v) is 2.60. The molecule has 58 valence electrons. The molecule has 0 unspecified atom stereocenters. The lowest BCUT2D eigenvalue weighted by atomic mass is 11.7. The van der Waals surface area contributed by atoms with Crippen LogP contribution in [-0.4, -0.2) is 10.7 Å². The van der Waals surface area contributed by atoms with E-state index in [1.165, 1.54) is 0 Å². The molecule has 7 heteroatoms. The lowest BCUT2D eigenvalue weighted by molar-refractivity contribution is 0.194. The van der Waals surface area contributed by atoms with Crippen LogP contribution in [-0.2, 0) is 0 Å². The second-order valence-corrected chi connectivity index (χ2v) is 2.15. The highest BCUT2D eigenvalue weighted by Gasteiger charge is 2.17. The molecule has 0 aliphatic rings. The number of halogens is 7. The smallest absolute Gasteiger partial charge is 0.192 e. The van der Waals surface area contributed by atoms with Gasteiger partial charge in [-0.15, -0.1) is 0 Å². The van der Waals surface area contributed by atoms with Crippen molar-refractivity contribution in [2.45, 2.75) is 10.7 Å². The van der Waals surface area contributed by atoms with Crippen LogP contribution in [0.2, 0.25) is 0 Å². The first-order valence-electron chi connectivity index (χ1n) is 1.41. The van der Waals surface area contributed by atoms with Crippen LogP contribution in [0.15, 0.2) is 0 Å². The molecule has 0 aromatic carbocycles. The second-order valence-electron chi connectivity index (χ2n) is 0.676. The molecule has 0 bridgehead atoms. The van der Waals surface area contributed by atoms with Crippen molar-refractivity contribution in [2.75, 3.05) is 0 Å². The van der Waals surface area contributed by atoms with Crippen LogP contribution in [0.5, 0.6) is 0 Å². The molecule has 0 N–H and O–H groups in total. The molecular formula is C2HCl3F4. The van der Waals surface area contributed by atoms with E-state index in [-0.39, 0.29) is 0 Å². The first kappa shape index (κ1) is 12.3. The number of rotatable bonds is 0. The van der Waals surface area contributed by atoms with E-state index < -0.39 is 10.7 Å². The SMILES string of the molecule is FC(F)(Cl)Cl.FC(F)Cl. The maximum Gasteiger partial charge on any atom is 0.401 e. The first-order chi connectivity index (χ1) is 3.73. The second kappa shape index (κ2) is 5.38. The van der Waals surface area contributed by atoms with Gasteiger partial charge < -0.3 is 0 Å². The van der Waals surface area contributed by atoms with Crippen LogP contribution < -0.4 is 0 Å². The summed E-state index contributed by atoms with van der Waals surface area (Å²) < 4.78 is 41.3. The summed E-state index contributed by atoms with van der Waals surface area (Å²) in [6.45, 7) is 0. The number of hydrogen-bond donors (Lipinski definition) is 0. The zero-order chi connectivity index (χ0) is 8.08. The van der Waals surface area contributed by atoms with E-state index in [9.17, 15) is 17.6 Å². The maximum atomic E-state index is 10.6. The van der Waals surface area contributed by atoms with Crippen molar-refractivity contribution in [1.29, 1.82) is 0 Å². The molecule has 9 heavy (non-hydrogen) atoms. The van der Waals surface area contributed by atoms with Crippen LogP contribution in [0.4, 0.5) is 17.6 Å². The van der Waals surface area contributed by atoms with Crippen LogP contribution in [0, 0.1) is 0 Å². The summed E-state index contributed by atoms with van der Waals surface area (Å²) in [4.78, 5) is -3.56. The van der Waals surface area contributed by atoms with Gasteiger partial charge in [0.25, 0.3) is 0 Å². The van der Waals surface area contributed by atoms with Gasteiger partial charge in [-0.25, -0.2) is 0 Å². The van der Waals surface area contributed by atoms with E-state index in [1.54, 1.807) is 0 Å². The van der Waals surface area contributed by atoms with Gasteiger partial charge >= 0.3 is 10.7 Å². The molecule has 0 saturated heterocycles. The summed E-state index contributed by atoms with van der Waals surface area (Å²) in [6.07, 6.45) is 0. The van der Waals surface area contributed by atoms with Crippen LogP contribution in [0.25, 0.3) is 0 Å². The zero-order valence-corrected chi connectivity index (χ0v) is 5.99. The Bertz CT molecular complexity index is 50.6. The molecule has 0 aromatic rings. The van der Waals surface area contributed by atoms with Gasteiger partial charge in [0, 0.05) is 0 Å². The Labute approximate surface area is 63.7 Å². The Morgan fingerprint density at radius 3 is 1.11 bits per heavy atom. The minimum atomic E-state index is -3.56. The molecule has 0 aliphatic carbocycles. The molecule has 0 radical (unpaired) electrons. The predicted octanol–water partition coefficient (Wildman–Crippen LogP) is 3.46. The third kappa shape index (κ3) is 1070. The summed E-state index contributed by atoms with van der Waals surface area (Å²) in [6, 6.07) is 0. The summed E-state index contributed by atoms with van der Waals surface area (Å²) in [5.74, 6) is -2.69. The molecule has 0 heterocycles. The Morgan fingerprint density at radius 2 is 1.11 bits per heavy atom. The van der Waals surface area contributed by atoms with Crippen molar-refractivity contribution in [3.63, 3.8) is 0 Å². The molecule has 0 amide bonds. The largest absolute Gasteiger partial charge is 0.401 e.